The minimum absolute atomic E-state index is 0.164. The monoisotopic (exact) mass is 326 g/mol. The Balaban J connectivity index is 1.42. The fourth-order valence-electron chi connectivity index (χ4n) is 4.08. The Hall–Kier alpha value is -2.21. The van der Waals surface area contributed by atoms with E-state index in [0.717, 1.165) is 43.4 Å². The quantitative estimate of drug-likeness (QED) is 0.885. The molecule has 24 heavy (non-hydrogen) atoms. The van der Waals surface area contributed by atoms with Crippen molar-refractivity contribution in [3.63, 3.8) is 0 Å². The third-order valence-corrected chi connectivity index (χ3v) is 5.25. The number of rotatable bonds is 4. The molecule has 6 heteroatoms. The van der Waals surface area contributed by atoms with E-state index < -0.39 is 0 Å². The summed E-state index contributed by atoms with van der Waals surface area (Å²) in [6.07, 6.45) is 4.24. The van der Waals surface area contributed by atoms with Gasteiger partial charge in [-0.1, -0.05) is 18.2 Å². The van der Waals surface area contributed by atoms with E-state index >= 15 is 0 Å². The number of benzene rings is 1. The Morgan fingerprint density at radius 2 is 1.88 bits per heavy atom. The van der Waals surface area contributed by atoms with E-state index in [2.05, 4.69) is 20.4 Å². The maximum absolute atomic E-state index is 12.6. The van der Waals surface area contributed by atoms with Crippen LogP contribution in [0.2, 0.25) is 0 Å². The fourth-order valence-corrected chi connectivity index (χ4v) is 4.08. The van der Waals surface area contributed by atoms with Crippen LogP contribution in [0, 0.1) is 0 Å². The second-order valence-electron chi connectivity index (χ2n) is 6.74. The van der Waals surface area contributed by atoms with Crippen molar-refractivity contribution in [2.24, 2.45) is 0 Å². The van der Waals surface area contributed by atoms with Gasteiger partial charge in [-0.05, 0) is 31.7 Å². The summed E-state index contributed by atoms with van der Waals surface area (Å²) in [5.41, 5.74) is 0.698. The van der Waals surface area contributed by atoms with Gasteiger partial charge in [0, 0.05) is 37.0 Å². The molecule has 0 aliphatic carbocycles. The van der Waals surface area contributed by atoms with E-state index in [1.165, 1.54) is 0 Å². The lowest BCUT2D eigenvalue weighted by atomic mass is 10.1. The molecule has 1 amide bonds. The van der Waals surface area contributed by atoms with Crippen LogP contribution in [0.3, 0.4) is 0 Å². The molecular formula is C18H22N4O2. The van der Waals surface area contributed by atoms with Crippen molar-refractivity contribution >= 4 is 16.7 Å². The van der Waals surface area contributed by atoms with Gasteiger partial charge in [-0.3, -0.25) is 9.59 Å². The normalized spacial score (nSPS) is 22.9. The zero-order valence-electron chi connectivity index (χ0n) is 13.6. The first-order valence-corrected chi connectivity index (χ1v) is 8.72. The Labute approximate surface area is 140 Å². The SMILES string of the molecule is O=C(CCCc1n[nH]c(=O)c2ccccc12)N1C2CCC1CNC2. The number of fused-ring (bicyclic) bond motifs is 3. The van der Waals surface area contributed by atoms with Crippen LogP contribution in [0.1, 0.15) is 31.4 Å². The van der Waals surface area contributed by atoms with Gasteiger partial charge in [0.1, 0.15) is 0 Å². The minimum atomic E-state index is -0.164. The van der Waals surface area contributed by atoms with Gasteiger partial charge in [0.25, 0.3) is 5.56 Å². The number of nitrogens with zero attached hydrogens (tertiary/aromatic N) is 2. The molecule has 0 saturated carbocycles. The molecule has 2 atom stereocenters. The topological polar surface area (TPSA) is 78.1 Å². The lowest BCUT2D eigenvalue weighted by Crippen LogP contribution is -2.54. The van der Waals surface area contributed by atoms with Crippen molar-refractivity contribution in [1.29, 1.82) is 0 Å². The molecule has 126 valence electrons. The number of hydrogen-bond donors (Lipinski definition) is 2. The molecule has 2 saturated heterocycles. The number of piperazine rings is 1. The smallest absolute Gasteiger partial charge is 0.272 e. The molecule has 2 unspecified atom stereocenters. The zero-order valence-corrected chi connectivity index (χ0v) is 13.6. The number of aromatic nitrogens is 2. The second-order valence-corrected chi connectivity index (χ2v) is 6.74. The van der Waals surface area contributed by atoms with Crippen LogP contribution in [0.25, 0.3) is 10.8 Å². The number of amides is 1. The molecule has 2 bridgehead atoms. The van der Waals surface area contributed by atoms with Gasteiger partial charge < -0.3 is 10.2 Å². The summed E-state index contributed by atoms with van der Waals surface area (Å²) in [7, 11) is 0. The molecule has 1 aromatic heterocycles. The maximum Gasteiger partial charge on any atom is 0.272 e. The third-order valence-electron chi connectivity index (χ3n) is 5.25. The molecule has 4 rings (SSSR count). The van der Waals surface area contributed by atoms with E-state index in [0.29, 0.717) is 30.3 Å². The molecule has 2 aromatic rings. The molecule has 6 nitrogen and oxygen atoms in total. The van der Waals surface area contributed by atoms with E-state index in [9.17, 15) is 9.59 Å². The fraction of sp³-hybridized carbons (Fsp3) is 0.500. The van der Waals surface area contributed by atoms with Crippen molar-refractivity contribution < 1.29 is 4.79 Å². The van der Waals surface area contributed by atoms with Crippen LogP contribution in [-0.2, 0) is 11.2 Å². The zero-order chi connectivity index (χ0) is 16.5. The highest BCUT2D eigenvalue weighted by molar-refractivity contribution is 5.83. The van der Waals surface area contributed by atoms with Crippen LogP contribution >= 0.6 is 0 Å². The molecule has 2 N–H and O–H groups in total. The largest absolute Gasteiger partial charge is 0.334 e. The average Bonchev–Trinajstić information content (AvgIpc) is 2.86. The Bertz CT molecular complexity index is 800. The lowest BCUT2D eigenvalue weighted by molar-refractivity contribution is -0.135. The number of hydrogen-bond acceptors (Lipinski definition) is 4. The van der Waals surface area contributed by atoms with Crippen LogP contribution in [0.15, 0.2) is 29.1 Å². The number of aryl methyl sites for hydroxylation is 1. The average molecular weight is 326 g/mol. The molecule has 1 aromatic carbocycles. The standard InChI is InChI=1S/C18H22N4O2/c23-17(22-12-8-9-13(22)11-19-10-12)7-3-6-16-14-4-1-2-5-15(14)18(24)21-20-16/h1-2,4-5,12-13,19H,3,6-11H2,(H,21,24). The van der Waals surface area contributed by atoms with Crippen molar-refractivity contribution in [1.82, 2.24) is 20.4 Å². The maximum atomic E-state index is 12.6. The molecule has 3 heterocycles. The highest BCUT2D eigenvalue weighted by Gasteiger charge is 2.38. The molecule has 2 aliphatic rings. The number of carbonyl (C=O) groups is 1. The first-order valence-electron chi connectivity index (χ1n) is 8.72. The summed E-state index contributed by atoms with van der Waals surface area (Å²) in [6.45, 7) is 1.85. The van der Waals surface area contributed by atoms with Gasteiger partial charge in [0.2, 0.25) is 5.91 Å². The second kappa shape index (κ2) is 6.36. The number of H-pyrrole nitrogens is 1. The van der Waals surface area contributed by atoms with Gasteiger partial charge >= 0.3 is 0 Å². The third kappa shape index (κ3) is 2.71. The number of aromatic amines is 1. The highest BCUT2D eigenvalue weighted by atomic mass is 16.2. The summed E-state index contributed by atoms with van der Waals surface area (Å²) < 4.78 is 0. The van der Waals surface area contributed by atoms with Crippen LogP contribution in [-0.4, -0.2) is 46.2 Å². The summed E-state index contributed by atoms with van der Waals surface area (Å²) in [5.74, 6) is 0.262. The first kappa shape index (κ1) is 15.3. The summed E-state index contributed by atoms with van der Waals surface area (Å²) in [4.78, 5) is 26.5. The van der Waals surface area contributed by atoms with E-state index in [1.807, 2.05) is 24.3 Å². The lowest BCUT2D eigenvalue weighted by Gasteiger charge is -2.35. The summed E-state index contributed by atoms with van der Waals surface area (Å²) >= 11 is 0. The van der Waals surface area contributed by atoms with Crippen molar-refractivity contribution in [3.8, 4) is 0 Å². The van der Waals surface area contributed by atoms with Crippen molar-refractivity contribution in [3.05, 3.63) is 40.3 Å². The molecule has 2 aliphatic heterocycles. The van der Waals surface area contributed by atoms with Crippen LogP contribution in [0.5, 0.6) is 0 Å². The summed E-state index contributed by atoms with van der Waals surface area (Å²) in [5, 5.41) is 11.7. The minimum Gasteiger partial charge on any atom is -0.334 e. The number of nitrogens with one attached hydrogen (secondary N) is 2. The van der Waals surface area contributed by atoms with Gasteiger partial charge in [0.05, 0.1) is 11.1 Å². The summed E-state index contributed by atoms with van der Waals surface area (Å²) in [6, 6.07) is 8.25. The van der Waals surface area contributed by atoms with E-state index in [-0.39, 0.29) is 11.5 Å². The van der Waals surface area contributed by atoms with E-state index in [1.54, 1.807) is 0 Å². The predicted molar refractivity (Wildman–Crippen MR) is 91.8 cm³/mol. The molecule has 2 fully saturated rings. The Kier molecular flexibility index (Phi) is 4.06. The molecule has 0 radical (unpaired) electrons. The van der Waals surface area contributed by atoms with Gasteiger partial charge in [-0.15, -0.1) is 0 Å². The van der Waals surface area contributed by atoms with Gasteiger partial charge in [-0.25, -0.2) is 5.10 Å². The van der Waals surface area contributed by atoms with Crippen molar-refractivity contribution in [2.75, 3.05) is 13.1 Å². The van der Waals surface area contributed by atoms with Gasteiger partial charge in [0.15, 0.2) is 0 Å². The molecule has 0 spiro atoms. The highest BCUT2D eigenvalue weighted by Crippen LogP contribution is 2.27. The van der Waals surface area contributed by atoms with Crippen LogP contribution in [0.4, 0.5) is 0 Å². The van der Waals surface area contributed by atoms with Gasteiger partial charge in [-0.2, -0.15) is 5.10 Å². The Morgan fingerprint density at radius 1 is 1.17 bits per heavy atom. The van der Waals surface area contributed by atoms with Crippen molar-refractivity contribution in [2.45, 2.75) is 44.2 Å². The predicted octanol–water partition coefficient (Wildman–Crippen LogP) is 1.21. The number of carbonyl (C=O) groups excluding carboxylic acids is 1. The molecular weight excluding hydrogens is 304 g/mol. The van der Waals surface area contributed by atoms with E-state index in [4.69, 9.17) is 0 Å². The first-order chi connectivity index (χ1) is 11.7. The van der Waals surface area contributed by atoms with Crippen LogP contribution < -0.4 is 10.9 Å². The Morgan fingerprint density at radius 3 is 2.62 bits per heavy atom.